The molecule has 5 N–H and O–H groups in total. The Hall–Kier alpha value is -5.54. The highest BCUT2D eigenvalue weighted by atomic mass is 16.2. The van der Waals surface area contributed by atoms with E-state index < -0.39 is 35.8 Å². The van der Waals surface area contributed by atoms with E-state index >= 15 is 0 Å². The Bertz CT molecular complexity index is 2090. The van der Waals surface area contributed by atoms with Crippen molar-refractivity contribution in [2.75, 3.05) is 13.1 Å². The average Bonchev–Trinajstić information content (AvgIpc) is 3.16. The highest BCUT2D eigenvalue weighted by molar-refractivity contribution is 5.95. The maximum Gasteiger partial charge on any atom is 0.246 e. The number of fused-ring (bicyclic) bond motifs is 3. The fourth-order valence-corrected chi connectivity index (χ4v) is 7.47. The summed E-state index contributed by atoms with van der Waals surface area (Å²) in [6.07, 6.45) is 2.09. The van der Waals surface area contributed by atoms with Crippen LogP contribution in [0.5, 0.6) is 0 Å². The molecule has 9 heteroatoms. The molecule has 0 spiro atoms. The van der Waals surface area contributed by atoms with Crippen LogP contribution in [0.4, 0.5) is 0 Å². The van der Waals surface area contributed by atoms with Crippen LogP contribution in [-0.2, 0) is 45.0 Å². The molecule has 3 atom stereocenters. The first kappa shape index (κ1) is 33.9. The Morgan fingerprint density at radius 2 is 1.24 bits per heavy atom. The topological polar surface area (TPSA) is 134 Å². The predicted molar refractivity (Wildman–Crippen MR) is 198 cm³/mol. The summed E-state index contributed by atoms with van der Waals surface area (Å²) in [5.41, 5.74) is 9.54. The molecule has 0 radical (unpaired) electrons. The normalized spacial score (nSPS) is 17.3. The van der Waals surface area contributed by atoms with E-state index in [0.29, 0.717) is 19.3 Å². The first-order chi connectivity index (χ1) is 24.8. The summed E-state index contributed by atoms with van der Waals surface area (Å²) in [7, 11) is 0. The maximum atomic E-state index is 14.6. The lowest BCUT2D eigenvalue weighted by Crippen LogP contribution is -2.60. The van der Waals surface area contributed by atoms with Crippen LogP contribution in [0.15, 0.2) is 109 Å². The number of hydrogen-bond acceptors (Lipinski definition) is 5. The van der Waals surface area contributed by atoms with Crippen LogP contribution in [-0.4, -0.2) is 59.7 Å². The standard InChI is InChI=1S/C42H43N5O4/c43-39(48)38-25-34-11-5-6-12-35(34)26-47(38)42(51)37(24-28-14-16-30-8-2-4-10-33(30)22-28)46-41(50)36(45-40(49)31-17-19-44-20-18-31)23-27-13-15-29-7-1-3-9-32(29)21-27/h1-16,21-22,31,36-38,44H,17-20,23-26H2,(H2,43,48)(H,45,49)(H,46,50). The Balaban J connectivity index is 1.21. The van der Waals surface area contributed by atoms with Crippen LogP contribution in [0, 0.1) is 5.92 Å². The molecule has 1 saturated heterocycles. The number of benzene rings is 5. The number of nitrogens with one attached hydrogen (secondary N) is 3. The van der Waals surface area contributed by atoms with E-state index in [9.17, 15) is 19.2 Å². The molecule has 5 aromatic carbocycles. The first-order valence-corrected chi connectivity index (χ1v) is 17.8. The zero-order valence-corrected chi connectivity index (χ0v) is 28.5. The van der Waals surface area contributed by atoms with E-state index in [4.69, 9.17) is 5.73 Å². The molecule has 9 nitrogen and oxygen atoms in total. The zero-order valence-electron chi connectivity index (χ0n) is 28.5. The van der Waals surface area contributed by atoms with Gasteiger partial charge in [-0.25, -0.2) is 0 Å². The third-order valence-electron chi connectivity index (χ3n) is 10.3. The van der Waals surface area contributed by atoms with Crippen molar-refractivity contribution in [3.05, 3.63) is 131 Å². The number of nitrogens with two attached hydrogens (primary N) is 1. The van der Waals surface area contributed by atoms with Crippen LogP contribution in [0.2, 0.25) is 0 Å². The lowest BCUT2D eigenvalue weighted by molar-refractivity contribution is -0.144. The zero-order chi connectivity index (χ0) is 35.3. The monoisotopic (exact) mass is 681 g/mol. The molecule has 0 bridgehead atoms. The van der Waals surface area contributed by atoms with Crippen molar-refractivity contribution in [2.45, 2.75) is 56.8 Å². The molecule has 0 saturated carbocycles. The van der Waals surface area contributed by atoms with Gasteiger partial charge in [-0.15, -0.1) is 0 Å². The minimum absolute atomic E-state index is 0.170. The second-order valence-corrected chi connectivity index (χ2v) is 13.8. The van der Waals surface area contributed by atoms with Gasteiger partial charge in [0.1, 0.15) is 18.1 Å². The SMILES string of the molecule is NC(=O)C1Cc2ccccc2CN1C(=O)C(Cc1ccc2ccccc2c1)NC(=O)C(Cc1ccc2ccccc2c1)NC(=O)C1CCNCC1. The summed E-state index contributed by atoms with van der Waals surface area (Å²) >= 11 is 0. The van der Waals surface area contributed by atoms with E-state index in [2.05, 4.69) is 16.0 Å². The van der Waals surface area contributed by atoms with Crippen LogP contribution in [0.3, 0.4) is 0 Å². The number of amides is 4. The fraction of sp³-hybridized carbons (Fsp3) is 0.286. The third-order valence-corrected chi connectivity index (χ3v) is 10.3. The minimum atomic E-state index is -1.03. The number of carbonyl (C=O) groups is 4. The van der Waals surface area contributed by atoms with E-state index in [1.54, 1.807) is 0 Å². The van der Waals surface area contributed by atoms with E-state index in [1.807, 2.05) is 109 Å². The molecule has 5 aromatic rings. The number of hydrogen-bond donors (Lipinski definition) is 4. The lowest BCUT2D eigenvalue weighted by atomic mass is 9.92. The minimum Gasteiger partial charge on any atom is -0.368 e. The molecule has 7 rings (SSSR count). The number of primary amides is 1. The van der Waals surface area contributed by atoms with Gasteiger partial charge in [-0.2, -0.15) is 0 Å². The molecular weight excluding hydrogens is 638 g/mol. The molecule has 2 aliphatic rings. The molecular formula is C42H43N5O4. The van der Waals surface area contributed by atoms with Gasteiger partial charge >= 0.3 is 0 Å². The van der Waals surface area contributed by atoms with Crippen molar-refractivity contribution >= 4 is 45.2 Å². The van der Waals surface area contributed by atoms with Gasteiger partial charge in [-0.3, -0.25) is 19.2 Å². The summed E-state index contributed by atoms with van der Waals surface area (Å²) in [4.78, 5) is 57.0. The van der Waals surface area contributed by atoms with Crippen LogP contribution >= 0.6 is 0 Å². The summed E-state index contributed by atoms with van der Waals surface area (Å²) in [6, 6.07) is 32.8. The molecule has 0 aliphatic carbocycles. The molecule has 260 valence electrons. The summed E-state index contributed by atoms with van der Waals surface area (Å²) in [5, 5.41) is 13.6. The van der Waals surface area contributed by atoms with Gasteiger partial charge in [0.25, 0.3) is 0 Å². The Morgan fingerprint density at radius 3 is 1.84 bits per heavy atom. The Kier molecular flexibility index (Phi) is 10.1. The molecule has 2 heterocycles. The Morgan fingerprint density at radius 1 is 0.686 bits per heavy atom. The number of carbonyl (C=O) groups excluding carboxylic acids is 4. The molecule has 0 aromatic heterocycles. The largest absolute Gasteiger partial charge is 0.368 e. The van der Waals surface area contributed by atoms with Crippen molar-refractivity contribution in [2.24, 2.45) is 11.7 Å². The summed E-state index contributed by atoms with van der Waals surface area (Å²) in [6.45, 7) is 1.67. The molecule has 4 amide bonds. The van der Waals surface area contributed by atoms with Gasteiger partial charge in [0.05, 0.1) is 0 Å². The van der Waals surface area contributed by atoms with E-state index in [-0.39, 0.29) is 31.2 Å². The van der Waals surface area contributed by atoms with Gasteiger partial charge in [0, 0.05) is 31.7 Å². The summed E-state index contributed by atoms with van der Waals surface area (Å²) < 4.78 is 0. The predicted octanol–water partition coefficient (Wildman–Crippen LogP) is 4.19. The number of nitrogens with zero attached hydrogens (tertiary/aromatic N) is 1. The molecule has 51 heavy (non-hydrogen) atoms. The first-order valence-electron chi connectivity index (χ1n) is 17.8. The van der Waals surface area contributed by atoms with Gasteiger partial charge in [0.15, 0.2) is 0 Å². The number of rotatable bonds is 10. The van der Waals surface area contributed by atoms with Crippen molar-refractivity contribution < 1.29 is 19.2 Å². The Labute approximate surface area is 297 Å². The second-order valence-electron chi connectivity index (χ2n) is 13.8. The van der Waals surface area contributed by atoms with Gasteiger partial charge < -0.3 is 26.6 Å². The highest BCUT2D eigenvalue weighted by Crippen LogP contribution is 2.26. The second kappa shape index (κ2) is 15.1. The van der Waals surface area contributed by atoms with Crippen molar-refractivity contribution in [3.63, 3.8) is 0 Å². The van der Waals surface area contributed by atoms with Crippen molar-refractivity contribution in [1.82, 2.24) is 20.9 Å². The molecule has 1 fully saturated rings. The molecule has 3 unspecified atom stereocenters. The van der Waals surface area contributed by atoms with Crippen LogP contribution in [0.1, 0.15) is 35.1 Å². The average molecular weight is 682 g/mol. The molecule has 2 aliphatic heterocycles. The van der Waals surface area contributed by atoms with Gasteiger partial charge in [0.2, 0.25) is 23.6 Å². The summed E-state index contributed by atoms with van der Waals surface area (Å²) in [5.74, 6) is -1.84. The number of piperidine rings is 1. The van der Waals surface area contributed by atoms with E-state index in [0.717, 1.165) is 56.9 Å². The third kappa shape index (κ3) is 7.79. The van der Waals surface area contributed by atoms with E-state index in [1.165, 1.54) is 4.90 Å². The van der Waals surface area contributed by atoms with Crippen LogP contribution in [0.25, 0.3) is 21.5 Å². The highest BCUT2D eigenvalue weighted by Gasteiger charge is 2.38. The van der Waals surface area contributed by atoms with Crippen molar-refractivity contribution in [1.29, 1.82) is 0 Å². The maximum absolute atomic E-state index is 14.6. The van der Waals surface area contributed by atoms with Crippen LogP contribution < -0.4 is 21.7 Å². The quantitative estimate of drug-likeness (QED) is 0.176. The smallest absolute Gasteiger partial charge is 0.246 e. The van der Waals surface area contributed by atoms with Crippen molar-refractivity contribution in [3.8, 4) is 0 Å². The lowest BCUT2D eigenvalue weighted by Gasteiger charge is -2.37. The van der Waals surface area contributed by atoms with Gasteiger partial charge in [-0.05, 0) is 69.7 Å². The van der Waals surface area contributed by atoms with Gasteiger partial charge in [-0.1, -0.05) is 109 Å². The fourth-order valence-electron chi connectivity index (χ4n) is 7.47.